The van der Waals surface area contributed by atoms with E-state index in [0.29, 0.717) is 0 Å². The summed E-state index contributed by atoms with van der Waals surface area (Å²) in [5.41, 5.74) is 6.14. The molecule has 1 aliphatic rings. The number of rotatable bonds is 8. The lowest BCUT2D eigenvalue weighted by Gasteiger charge is -2.37. The van der Waals surface area contributed by atoms with Gasteiger partial charge in [-0.1, -0.05) is 13.8 Å². The van der Waals surface area contributed by atoms with Crippen molar-refractivity contribution >= 4 is 13.5 Å². The van der Waals surface area contributed by atoms with Crippen molar-refractivity contribution in [2.75, 3.05) is 6.61 Å². The lowest BCUT2D eigenvalue weighted by atomic mass is 9.93. The molecule has 0 heterocycles. The third-order valence-electron chi connectivity index (χ3n) is 3.91. The molecule has 0 aliphatic heterocycles. The van der Waals surface area contributed by atoms with Gasteiger partial charge in [0.05, 0.1) is 24.9 Å². The zero-order chi connectivity index (χ0) is 17.6. The smallest absolute Gasteiger partial charge is 0.354 e. The van der Waals surface area contributed by atoms with Crippen molar-refractivity contribution in [1.29, 1.82) is 0 Å². The highest BCUT2D eigenvalue weighted by Gasteiger charge is 2.39. The Kier molecular flexibility index (Phi) is 7.90. The van der Waals surface area contributed by atoms with E-state index in [0.717, 1.165) is 12.8 Å². The second-order valence-electron chi connectivity index (χ2n) is 5.73. The summed E-state index contributed by atoms with van der Waals surface area (Å²) in [6.45, 7) is 7.22. The number of carbonyl (C=O) groups is 1. The maximum atomic E-state index is 12.3. The average Bonchev–Trinajstić information content (AvgIpc) is 2.47. The molecule has 0 bridgehead atoms. The number of amides is 1. The molecule has 0 saturated carbocycles. The first-order valence-corrected chi connectivity index (χ1v) is 9.69. The van der Waals surface area contributed by atoms with Crippen LogP contribution < -0.4 is 11.1 Å². The summed E-state index contributed by atoms with van der Waals surface area (Å²) in [6, 6.07) is -0.947. The first-order chi connectivity index (χ1) is 10.7. The van der Waals surface area contributed by atoms with Gasteiger partial charge in [0.2, 0.25) is 5.91 Å². The highest BCUT2D eigenvalue weighted by atomic mass is 31.2. The number of ether oxygens (including phenoxy) is 1. The Morgan fingerprint density at radius 2 is 2.09 bits per heavy atom. The fourth-order valence-corrected chi connectivity index (χ4v) is 3.98. The van der Waals surface area contributed by atoms with Gasteiger partial charge in [-0.05, 0) is 32.3 Å². The highest BCUT2D eigenvalue weighted by molar-refractivity contribution is 7.57. The molecule has 8 heteroatoms. The summed E-state index contributed by atoms with van der Waals surface area (Å²) in [4.78, 5) is 21.5. The molecule has 0 spiro atoms. The Bertz CT molecular complexity index is 478. The van der Waals surface area contributed by atoms with E-state index in [1.54, 1.807) is 13.0 Å². The Hall–Kier alpha value is -0.720. The Balaban J connectivity index is 3.10. The summed E-state index contributed by atoms with van der Waals surface area (Å²) in [6.07, 6.45) is 2.83. The van der Waals surface area contributed by atoms with Crippen molar-refractivity contribution in [3.8, 4) is 0 Å². The van der Waals surface area contributed by atoms with Gasteiger partial charge in [0.1, 0.15) is 0 Å². The Morgan fingerprint density at radius 3 is 2.57 bits per heavy atom. The first-order valence-electron chi connectivity index (χ1n) is 8.11. The van der Waals surface area contributed by atoms with E-state index in [2.05, 4.69) is 5.32 Å². The SMILES string of the molecule is CCOP(=O)(O)C1=C[C@@H](OC(CC)CC)[C@H](NC(C)=O)[C@@H](N)C1. The molecule has 134 valence electrons. The van der Waals surface area contributed by atoms with Crippen LogP contribution in [0.5, 0.6) is 0 Å². The molecule has 23 heavy (non-hydrogen) atoms. The Labute approximate surface area is 138 Å². The predicted molar refractivity (Wildman–Crippen MR) is 89.0 cm³/mol. The van der Waals surface area contributed by atoms with Gasteiger partial charge in [-0.15, -0.1) is 0 Å². The molecule has 0 aromatic rings. The summed E-state index contributed by atoms with van der Waals surface area (Å²) in [5.74, 6) is -0.211. The van der Waals surface area contributed by atoms with Crippen LogP contribution in [0.4, 0.5) is 0 Å². The van der Waals surface area contributed by atoms with E-state index in [4.69, 9.17) is 15.0 Å². The van der Waals surface area contributed by atoms with Gasteiger partial charge in [0, 0.05) is 18.3 Å². The zero-order valence-electron chi connectivity index (χ0n) is 14.3. The molecule has 1 unspecified atom stereocenters. The van der Waals surface area contributed by atoms with Gasteiger partial charge in [0.25, 0.3) is 0 Å². The van der Waals surface area contributed by atoms with Gasteiger partial charge >= 0.3 is 7.60 Å². The van der Waals surface area contributed by atoms with Crippen LogP contribution in [-0.4, -0.2) is 41.7 Å². The maximum absolute atomic E-state index is 12.3. The minimum atomic E-state index is -3.88. The van der Waals surface area contributed by atoms with Gasteiger partial charge in [-0.3, -0.25) is 9.36 Å². The molecule has 0 aromatic heterocycles. The fourth-order valence-electron chi connectivity index (χ4n) is 2.69. The van der Waals surface area contributed by atoms with Crippen LogP contribution >= 0.6 is 7.60 Å². The van der Waals surface area contributed by atoms with E-state index in [9.17, 15) is 14.3 Å². The zero-order valence-corrected chi connectivity index (χ0v) is 15.2. The molecule has 0 radical (unpaired) electrons. The quantitative estimate of drug-likeness (QED) is 0.578. The topological polar surface area (TPSA) is 111 Å². The van der Waals surface area contributed by atoms with Crippen LogP contribution in [0, 0.1) is 0 Å². The highest BCUT2D eigenvalue weighted by Crippen LogP contribution is 2.54. The van der Waals surface area contributed by atoms with Crippen LogP contribution in [0.25, 0.3) is 0 Å². The van der Waals surface area contributed by atoms with E-state index < -0.39 is 25.8 Å². The van der Waals surface area contributed by atoms with Gasteiger partial charge < -0.3 is 25.2 Å². The lowest BCUT2D eigenvalue weighted by molar-refractivity contribution is -0.121. The minimum absolute atomic E-state index is 0.00997. The van der Waals surface area contributed by atoms with E-state index in [1.165, 1.54) is 6.92 Å². The normalized spacial score (nSPS) is 27.4. The second kappa shape index (κ2) is 8.94. The molecular formula is C15H29N2O5P. The molecule has 1 amide bonds. The van der Waals surface area contributed by atoms with Crippen molar-refractivity contribution in [3.05, 3.63) is 11.4 Å². The van der Waals surface area contributed by atoms with Gasteiger partial charge in [-0.2, -0.15) is 0 Å². The number of hydrogen-bond acceptors (Lipinski definition) is 5. The predicted octanol–water partition coefficient (Wildman–Crippen LogP) is 1.90. The second-order valence-corrected chi connectivity index (χ2v) is 7.60. The van der Waals surface area contributed by atoms with Crippen LogP contribution in [0.3, 0.4) is 0 Å². The van der Waals surface area contributed by atoms with Crippen molar-refractivity contribution in [2.24, 2.45) is 5.73 Å². The van der Waals surface area contributed by atoms with Gasteiger partial charge in [-0.25, -0.2) is 0 Å². The fraction of sp³-hybridized carbons (Fsp3) is 0.800. The monoisotopic (exact) mass is 348 g/mol. The van der Waals surface area contributed by atoms with Crippen molar-refractivity contribution in [1.82, 2.24) is 5.32 Å². The molecule has 4 N–H and O–H groups in total. The summed E-state index contributed by atoms with van der Waals surface area (Å²) in [5, 5.41) is 3.05. The standard InChI is InChI=1S/C15H29N2O5P/c1-5-11(6-2)22-14-9-12(23(19,20)21-7-3)8-13(16)15(14)17-10(4)18/h9,11,13-15H,5-8,16H2,1-4H3,(H,17,18)(H,19,20)/t13-,14+,15+/m0/s1. The lowest BCUT2D eigenvalue weighted by Crippen LogP contribution is -2.56. The first kappa shape index (κ1) is 20.3. The molecule has 7 nitrogen and oxygen atoms in total. The van der Waals surface area contributed by atoms with E-state index in [1.807, 2.05) is 13.8 Å². The molecule has 0 saturated heterocycles. The van der Waals surface area contributed by atoms with Crippen molar-refractivity contribution in [2.45, 2.75) is 71.2 Å². The molecule has 0 fully saturated rings. The number of nitrogens with two attached hydrogens (primary N) is 1. The maximum Gasteiger partial charge on any atom is 0.354 e. The third kappa shape index (κ3) is 5.69. The van der Waals surface area contributed by atoms with E-state index >= 15 is 0 Å². The number of nitrogens with one attached hydrogen (secondary N) is 1. The molecule has 1 rings (SSSR count). The van der Waals surface area contributed by atoms with Gasteiger partial charge in [0.15, 0.2) is 0 Å². The number of hydrogen-bond donors (Lipinski definition) is 3. The third-order valence-corrected chi connectivity index (χ3v) is 5.58. The molecular weight excluding hydrogens is 319 g/mol. The van der Waals surface area contributed by atoms with Crippen LogP contribution in [-0.2, 0) is 18.6 Å². The molecule has 4 atom stereocenters. The molecule has 0 aromatic carbocycles. The summed E-state index contributed by atoms with van der Waals surface area (Å²) in [7, 11) is -3.88. The minimum Gasteiger partial charge on any atom is -0.369 e. The van der Waals surface area contributed by atoms with Crippen LogP contribution in [0.1, 0.15) is 47.0 Å². The number of carbonyl (C=O) groups excluding carboxylic acids is 1. The van der Waals surface area contributed by atoms with E-state index in [-0.39, 0.29) is 30.4 Å². The summed E-state index contributed by atoms with van der Waals surface area (Å²) >= 11 is 0. The largest absolute Gasteiger partial charge is 0.369 e. The average molecular weight is 348 g/mol. The summed E-state index contributed by atoms with van der Waals surface area (Å²) < 4.78 is 23.3. The van der Waals surface area contributed by atoms with Crippen molar-refractivity contribution < 1.29 is 23.5 Å². The molecule has 1 aliphatic carbocycles. The van der Waals surface area contributed by atoms with Crippen LogP contribution in [0.2, 0.25) is 0 Å². The van der Waals surface area contributed by atoms with Crippen LogP contribution in [0.15, 0.2) is 11.4 Å². The van der Waals surface area contributed by atoms with Crippen molar-refractivity contribution in [3.63, 3.8) is 0 Å². The Morgan fingerprint density at radius 1 is 1.48 bits per heavy atom.